The van der Waals surface area contributed by atoms with Crippen molar-refractivity contribution in [2.45, 2.75) is 32.6 Å². The summed E-state index contributed by atoms with van der Waals surface area (Å²) in [5.41, 5.74) is 0. The van der Waals surface area contributed by atoms with E-state index in [2.05, 4.69) is 6.92 Å². The normalized spacial score (nSPS) is 27.3. The molecule has 1 fully saturated rings. The van der Waals surface area contributed by atoms with Crippen LogP contribution >= 0.6 is 0 Å². The first-order valence-electron chi connectivity index (χ1n) is 3.98. The van der Waals surface area contributed by atoms with E-state index in [0.29, 0.717) is 18.9 Å². The van der Waals surface area contributed by atoms with Gasteiger partial charge in [-0.25, -0.2) is 0 Å². The monoisotopic (exact) mass is 142 g/mol. The highest BCUT2D eigenvalue weighted by Gasteiger charge is 2.14. The fraction of sp³-hybridized carbons (Fsp3) is 0.875. The lowest BCUT2D eigenvalue weighted by atomic mass is 10.0. The molecule has 1 saturated heterocycles. The van der Waals surface area contributed by atoms with E-state index in [4.69, 9.17) is 4.74 Å². The Bertz CT molecular complexity index is 120. The number of cyclic esters (lactones) is 1. The van der Waals surface area contributed by atoms with Crippen LogP contribution in [-0.4, -0.2) is 12.6 Å². The maximum Gasteiger partial charge on any atom is 0.305 e. The van der Waals surface area contributed by atoms with E-state index in [-0.39, 0.29) is 5.97 Å². The van der Waals surface area contributed by atoms with Gasteiger partial charge in [0.1, 0.15) is 0 Å². The molecule has 2 heteroatoms. The molecule has 10 heavy (non-hydrogen) atoms. The van der Waals surface area contributed by atoms with Gasteiger partial charge in [0.15, 0.2) is 0 Å². The van der Waals surface area contributed by atoms with Crippen LogP contribution in [0.25, 0.3) is 0 Å². The quantitative estimate of drug-likeness (QED) is 0.521. The summed E-state index contributed by atoms with van der Waals surface area (Å²) in [5.74, 6) is 0.599. The van der Waals surface area contributed by atoms with Crippen molar-refractivity contribution in [2.24, 2.45) is 5.92 Å². The second-order valence-corrected chi connectivity index (χ2v) is 2.85. The van der Waals surface area contributed by atoms with E-state index < -0.39 is 0 Å². The van der Waals surface area contributed by atoms with Gasteiger partial charge in [0.05, 0.1) is 6.61 Å². The average molecular weight is 142 g/mol. The van der Waals surface area contributed by atoms with Gasteiger partial charge >= 0.3 is 5.97 Å². The van der Waals surface area contributed by atoms with E-state index in [1.807, 2.05) is 0 Å². The maximum absolute atomic E-state index is 10.7. The number of hydrogen-bond acceptors (Lipinski definition) is 2. The number of carbonyl (C=O) groups excluding carboxylic acids is 1. The molecule has 1 rings (SSSR count). The summed E-state index contributed by atoms with van der Waals surface area (Å²) in [6, 6.07) is 0. The molecule has 1 aliphatic rings. The van der Waals surface area contributed by atoms with Gasteiger partial charge in [0.25, 0.3) is 0 Å². The van der Waals surface area contributed by atoms with E-state index in [9.17, 15) is 4.79 Å². The Balaban J connectivity index is 2.33. The fourth-order valence-electron chi connectivity index (χ4n) is 1.22. The Hall–Kier alpha value is -0.530. The number of rotatable bonds is 1. The predicted octanol–water partition coefficient (Wildman–Crippen LogP) is 1.74. The molecule has 0 saturated carbocycles. The van der Waals surface area contributed by atoms with E-state index in [1.165, 1.54) is 0 Å². The highest BCUT2D eigenvalue weighted by Crippen LogP contribution is 2.17. The van der Waals surface area contributed by atoms with Crippen molar-refractivity contribution in [3.8, 4) is 0 Å². The molecule has 0 unspecified atom stereocenters. The van der Waals surface area contributed by atoms with Gasteiger partial charge in [-0.2, -0.15) is 0 Å². The van der Waals surface area contributed by atoms with E-state index in [0.717, 1.165) is 19.3 Å². The Kier molecular flexibility index (Phi) is 2.72. The molecule has 2 nitrogen and oxygen atoms in total. The molecule has 1 heterocycles. The summed E-state index contributed by atoms with van der Waals surface area (Å²) in [7, 11) is 0. The van der Waals surface area contributed by atoms with Crippen LogP contribution in [0.3, 0.4) is 0 Å². The van der Waals surface area contributed by atoms with Gasteiger partial charge in [-0.15, -0.1) is 0 Å². The maximum atomic E-state index is 10.7. The molecule has 0 aliphatic carbocycles. The highest BCUT2D eigenvalue weighted by atomic mass is 16.5. The van der Waals surface area contributed by atoms with Crippen molar-refractivity contribution < 1.29 is 9.53 Å². The van der Waals surface area contributed by atoms with Gasteiger partial charge in [0.2, 0.25) is 0 Å². The molecule has 0 radical (unpaired) electrons. The Morgan fingerprint density at radius 1 is 1.70 bits per heavy atom. The summed E-state index contributed by atoms with van der Waals surface area (Å²) in [6.07, 6.45) is 3.92. The Labute approximate surface area is 61.6 Å². The lowest BCUT2D eigenvalue weighted by Crippen LogP contribution is -2.07. The van der Waals surface area contributed by atoms with Gasteiger partial charge in [-0.3, -0.25) is 4.79 Å². The molecule has 58 valence electrons. The first kappa shape index (κ1) is 7.58. The van der Waals surface area contributed by atoms with Crippen molar-refractivity contribution >= 4 is 5.97 Å². The van der Waals surface area contributed by atoms with Crippen molar-refractivity contribution in [3.05, 3.63) is 0 Å². The summed E-state index contributed by atoms with van der Waals surface area (Å²) >= 11 is 0. The number of ether oxygens (including phenoxy) is 1. The molecule has 0 spiro atoms. The highest BCUT2D eigenvalue weighted by molar-refractivity contribution is 5.69. The zero-order chi connectivity index (χ0) is 7.40. The Morgan fingerprint density at radius 2 is 2.50 bits per heavy atom. The third-order valence-electron chi connectivity index (χ3n) is 2.05. The topological polar surface area (TPSA) is 26.3 Å². The number of hydrogen-bond donors (Lipinski definition) is 0. The lowest BCUT2D eigenvalue weighted by molar-refractivity contribution is -0.143. The molecule has 0 aromatic rings. The zero-order valence-electron chi connectivity index (χ0n) is 6.43. The Morgan fingerprint density at radius 3 is 3.20 bits per heavy atom. The number of carbonyl (C=O) groups is 1. The van der Waals surface area contributed by atoms with Crippen molar-refractivity contribution in [1.82, 2.24) is 0 Å². The second kappa shape index (κ2) is 3.59. The molecule has 0 aromatic carbocycles. The van der Waals surface area contributed by atoms with Crippen LogP contribution in [0, 0.1) is 5.92 Å². The van der Waals surface area contributed by atoms with E-state index in [1.54, 1.807) is 0 Å². The summed E-state index contributed by atoms with van der Waals surface area (Å²) in [5, 5.41) is 0. The van der Waals surface area contributed by atoms with E-state index >= 15 is 0 Å². The lowest BCUT2D eigenvalue weighted by Gasteiger charge is -2.08. The molecular weight excluding hydrogens is 128 g/mol. The fourth-order valence-corrected chi connectivity index (χ4v) is 1.22. The van der Waals surface area contributed by atoms with Crippen LogP contribution in [0.2, 0.25) is 0 Å². The largest absolute Gasteiger partial charge is 0.465 e. The minimum atomic E-state index is -0.0176. The predicted molar refractivity (Wildman–Crippen MR) is 38.6 cm³/mol. The van der Waals surface area contributed by atoms with Gasteiger partial charge in [-0.05, 0) is 18.8 Å². The van der Waals surface area contributed by atoms with Crippen LogP contribution < -0.4 is 0 Å². The third kappa shape index (κ3) is 2.01. The molecule has 0 aromatic heterocycles. The van der Waals surface area contributed by atoms with Crippen LogP contribution in [-0.2, 0) is 9.53 Å². The molecule has 0 amide bonds. The van der Waals surface area contributed by atoms with Crippen LogP contribution in [0.1, 0.15) is 32.6 Å². The molecule has 1 atom stereocenters. The minimum Gasteiger partial charge on any atom is -0.465 e. The van der Waals surface area contributed by atoms with Crippen molar-refractivity contribution in [3.63, 3.8) is 0 Å². The van der Waals surface area contributed by atoms with Crippen molar-refractivity contribution in [1.29, 1.82) is 0 Å². The SMILES string of the molecule is CC[C@@H]1CCCC(=O)OC1. The molecule has 1 aliphatic heterocycles. The van der Waals surface area contributed by atoms with Gasteiger partial charge < -0.3 is 4.74 Å². The smallest absolute Gasteiger partial charge is 0.305 e. The summed E-state index contributed by atoms with van der Waals surface area (Å²) in [6.45, 7) is 2.79. The standard InChI is InChI=1S/C8H14O2/c1-2-7-4-3-5-8(9)10-6-7/h7H,2-6H2,1H3/t7-/m1/s1. The average Bonchev–Trinajstić information content (AvgIpc) is 2.14. The van der Waals surface area contributed by atoms with Crippen LogP contribution in [0.5, 0.6) is 0 Å². The first-order valence-corrected chi connectivity index (χ1v) is 3.98. The van der Waals surface area contributed by atoms with Crippen LogP contribution in [0.4, 0.5) is 0 Å². The van der Waals surface area contributed by atoms with Gasteiger partial charge in [-0.1, -0.05) is 13.3 Å². The summed E-state index contributed by atoms with van der Waals surface area (Å²) < 4.78 is 4.97. The third-order valence-corrected chi connectivity index (χ3v) is 2.05. The second-order valence-electron chi connectivity index (χ2n) is 2.85. The number of esters is 1. The van der Waals surface area contributed by atoms with Crippen LogP contribution in [0.15, 0.2) is 0 Å². The molecule has 0 N–H and O–H groups in total. The molecule has 0 bridgehead atoms. The first-order chi connectivity index (χ1) is 4.83. The summed E-state index contributed by atoms with van der Waals surface area (Å²) in [4.78, 5) is 10.7. The zero-order valence-corrected chi connectivity index (χ0v) is 6.43. The minimum absolute atomic E-state index is 0.0176. The molecular formula is C8H14O2. The van der Waals surface area contributed by atoms with Crippen molar-refractivity contribution in [2.75, 3.05) is 6.61 Å². The van der Waals surface area contributed by atoms with Gasteiger partial charge in [0, 0.05) is 6.42 Å².